The first-order valence-corrected chi connectivity index (χ1v) is 5.79. The lowest BCUT2D eigenvalue weighted by Crippen LogP contribution is -2.49. The van der Waals surface area contributed by atoms with Crippen molar-refractivity contribution in [1.82, 2.24) is 4.90 Å². The molecule has 1 saturated carbocycles. The third-order valence-electron chi connectivity index (χ3n) is 3.67. The van der Waals surface area contributed by atoms with Crippen LogP contribution in [0.4, 0.5) is 0 Å². The summed E-state index contributed by atoms with van der Waals surface area (Å²) in [5.41, 5.74) is 5.44. The van der Waals surface area contributed by atoms with Gasteiger partial charge in [-0.3, -0.25) is 4.90 Å². The van der Waals surface area contributed by atoms with E-state index < -0.39 is 5.60 Å². The second kappa shape index (κ2) is 3.80. The zero-order valence-electron chi connectivity index (χ0n) is 9.08. The van der Waals surface area contributed by atoms with E-state index in [1.807, 2.05) is 6.92 Å². The van der Waals surface area contributed by atoms with E-state index >= 15 is 0 Å². The standard InChI is InChI=1S/C11H22N2O/c1-11(14)5-2-6-13(8-11)10-4-3-9(12)7-10/h9-10,14H,2-8,12H2,1H3. The Morgan fingerprint density at radius 3 is 2.79 bits per heavy atom. The Bertz CT molecular complexity index is 205. The molecule has 2 rings (SSSR count). The number of nitrogens with two attached hydrogens (primary N) is 1. The monoisotopic (exact) mass is 198 g/mol. The molecule has 0 aromatic carbocycles. The van der Waals surface area contributed by atoms with Crippen molar-refractivity contribution in [2.24, 2.45) is 5.73 Å². The van der Waals surface area contributed by atoms with Crippen molar-refractivity contribution in [2.45, 2.75) is 56.7 Å². The maximum atomic E-state index is 10.00. The van der Waals surface area contributed by atoms with Crippen molar-refractivity contribution in [3.8, 4) is 0 Å². The highest BCUT2D eigenvalue weighted by molar-refractivity contribution is 4.91. The van der Waals surface area contributed by atoms with Gasteiger partial charge in [0.25, 0.3) is 0 Å². The molecule has 2 fully saturated rings. The summed E-state index contributed by atoms with van der Waals surface area (Å²) in [6.45, 7) is 3.94. The summed E-state index contributed by atoms with van der Waals surface area (Å²) >= 11 is 0. The molecular weight excluding hydrogens is 176 g/mol. The smallest absolute Gasteiger partial charge is 0.0746 e. The fraction of sp³-hybridized carbons (Fsp3) is 1.00. The average Bonchev–Trinajstić information content (AvgIpc) is 2.50. The molecule has 1 saturated heterocycles. The molecule has 3 nitrogen and oxygen atoms in total. The Labute approximate surface area is 86.3 Å². The number of rotatable bonds is 1. The van der Waals surface area contributed by atoms with Gasteiger partial charge in [0.1, 0.15) is 0 Å². The highest BCUT2D eigenvalue weighted by atomic mass is 16.3. The van der Waals surface area contributed by atoms with Gasteiger partial charge in [-0.1, -0.05) is 0 Å². The number of nitrogens with zero attached hydrogens (tertiary/aromatic N) is 1. The molecule has 3 N–H and O–H groups in total. The third-order valence-corrected chi connectivity index (χ3v) is 3.67. The van der Waals surface area contributed by atoms with Gasteiger partial charge in [0, 0.05) is 18.6 Å². The van der Waals surface area contributed by atoms with Crippen LogP contribution in [0.1, 0.15) is 39.0 Å². The Balaban J connectivity index is 1.91. The van der Waals surface area contributed by atoms with Crippen molar-refractivity contribution in [3.63, 3.8) is 0 Å². The average molecular weight is 198 g/mol. The van der Waals surface area contributed by atoms with Crippen LogP contribution < -0.4 is 5.73 Å². The van der Waals surface area contributed by atoms with Crippen molar-refractivity contribution in [3.05, 3.63) is 0 Å². The van der Waals surface area contributed by atoms with E-state index in [0.717, 1.165) is 38.8 Å². The van der Waals surface area contributed by atoms with Crippen LogP contribution in [0.3, 0.4) is 0 Å². The van der Waals surface area contributed by atoms with Crippen LogP contribution in [0.25, 0.3) is 0 Å². The lowest BCUT2D eigenvalue weighted by Gasteiger charge is -2.40. The van der Waals surface area contributed by atoms with Crippen molar-refractivity contribution in [1.29, 1.82) is 0 Å². The zero-order chi connectivity index (χ0) is 10.2. The molecule has 1 heterocycles. The molecule has 1 aliphatic heterocycles. The molecule has 14 heavy (non-hydrogen) atoms. The van der Waals surface area contributed by atoms with Crippen molar-refractivity contribution in [2.75, 3.05) is 13.1 Å². The molecule has 3 heteroatoms. The van der Waals surface area contributed by atoms with Gasteiger partial charge < -0.3 is 10.8 Å². The first-order valence-electron chi connectivity index (χ1n) is 5.79. The zero-order valence-corrected chi connectivity index (χ0v) is 9.08. The molecule has 0 aromatic heterocycles. The Kier molecular flexibility index (Phi) is 2.82. The molecule has 3 unspecified atom stereocenters. The predicted molar refractivity (Wildman–Crippen MR) is 57.0 cm³/mol. The highest BCUT2D eigenvalue weighted by Crippen LogP contribution is 2.28. The van der Waals surface area contributed by atoms with Crippen molar-refractivity contribution < 1.29 is 5.11 Å². The van der Waals surface area contributed by atoms with Gasteiger partial charge in [-0.05, 0) is 45.6 Å². The summed E-state index contributed by atoms with van der Waals surface area (Å²) in [7, 11) is 0. The van der Waals surface area contributed by atoms with E-state index in [2.05, 4.69) is 4.90 Å². The molecule has 0 amide bonds. The fourth-order valence-electron chi connectivity index (χ4n) is 2.89. The number of piperidine rings is 1. The quantitative estimate of drug-likeness (QED) is 0.652. The van der Waals surface area contributed by atoms with E-state index in [0.29, 0.717) is 12.1 Å². The summed E-state index contributed by atoms with van der Waals surface area (Å²) in [6.07, 6.45) is 5.57. The summed E-state index contributed by atoms with van der Waals surface area (Å²) in [5, 5.41) is 10.00. The van der Waals surface area contributed by atoms with Gasteiger partial charge in [-0.2, -0.15) is 0 Å². The first-order chi connectivity index (χ1) is 6.57. The molecule has 2 aliphatic rings. The van der Waals surface area contributed by atoms with Gasteiger partial charge in [-0.25, -0.2) is 0 Å². The highest BCUT2D eigenvalue weighted by Gasteiger charge is 2.34. The van der Waals surface area contributed by atoms with Gasteiger partial charge in [0.05, 0.1) is 5.60 Å². The van der Waals surface area contributed by atoms with E-state index in [4.69, 9.17) is 5.73 Å². The number of likely N-dealkylation sites (tertiary alicyclic amines) is 1. The number of hydrogen-bond donors (Lipinski definition) is 2. The Morgan fingerprint density at radius 2 is 2.21 bits per heavy atom. The minimum absolute atomic E-state index is 0.395. The van der Waals surface area contributed by atoms with Crippen LogP contribution in [-0.2, 0) is 0 Å². The third kappa shape index (κ3) is 2.27. The van der Waals surface area contributed by atoms with Crippen LogP contribution in [0.2, 0.25) is 0 Å². The molecule has 1 aliphatic carbocycles. The minimum atomic E-state index is -0.467. The number of hydrogen-bond acceptors (Lipinski definition) is 3. The normalized spacial score (nSPS) is 45.6. The second-order valence-corrected chi connectivity index (χ2v) is 5.30. The molecule has 0 bridgehead atoms. The van der Waals surface area contributed by atoms with Crippen LogP contribution in [0.5, 0.6) is 0 Å². The maximum absolute atomic E-state index is 10.00. The predicted octanol–water partition coefficient (Wildman–Crippen LogP) is 0.713. The number of β-amino-alcohol motifs (C(OH)–C–C–N with tert-alkyl or cyclic N) is 1. The molecule has 0 radical (unpaired) electrons. The van der Waals surface area contributed by atoms with E-state index in [-0.39, 0.29) is 0 Å². The Morgan fingerprint density at radius 1 is 1.43 bits per heavy atom. The van der Waals surface area contributed by atoms with Crippen LogP contribution in [0, 0.1) is 0 Å². The molecule has 0 aromatic rings. The lowest BCUT2D eigenvalue weighted by atomic mass is 9.93. The SMILES string of the molecule is CC1(O)CCCN(C2CCC(N)C2)C1. The lowest BCUT2D eigenvalue weighted by molar-refractivity contribution is -0.0292. The molecule has 82 valence electrons. The van der Waals surface area contributed by atoms with Crippen LogP contribution in [0.15, 0.2) is 0 Å². The molecule has 0 spiro atoms. The van der Waals surface area contributed by atoms with E-state index in [1.54, 1.807) is 0 Å². The second-order valence-electron chi connectivity index (χ2n) is 5.30. The summed E-state index contributed by atoms with van der Waals surface area (Å²) in [4.78, 5) is 2.44. The van der Waals surface area contributed by atoms with E-state index in [1.165, 1.54) is 6.42 Å². The van der Waals surface area contributed by atoms with Gasteiger partial charge in [0.15, 0.2) is 0 Å². The largest absolute Gasteiger partial charge is 0.389 e. The first kappa shape index (κ1) is 10.4. The molecule has 3 atom stereocenters. The minimum Gasteiger partial charge on any atom is -0.389 e. The van der Waals surface area contributed by atoms with Crippen molar-refractivity contribution >= 4 is 0 Å². The Hall–Kier alpha value is -0.120. The number of aliphatic hydroxyl groups is 1. The summed E-state index contributed by atoms with van der Waals surface area (Å²) in [6, 6.07) is 1.03. The van der Waals surface area contributed by atoms with Gasteiger partial charge in [-0.15, -0.1) is 0 Å². The summed E-state index contributed by atoms with van der Waals surface area (Å²) in [5.74, 6) is 0. The molecular formula is C11H22N2O. The van der Waals surface area contributed by atoms with Crippen LogP contribution >= 0.6 is 0 Å². The fourth-order valence-corrected chi connectivity index (χ4v) is 2.89. The van der Waals surface area contributed by atoms with E-state index in [9.17, 15) is 5.11 Å². The maximum Gasteiger partial charge on any atom is 0.0746 e. The van der Waals surface area contributed by atoms with Crippen LogP contribution in [-0.4, -0.2) is 40.8 Å². The topological polar surface area (TPSA) is 49.5 Å². The van der Waals surface area contributed by atoms with Gasteiger partial charge in [0.2, 0.25) is 0 Å². The van der Waals surface area contributed by atoms with Gasteiger partial charge >= 0.3 is 0 Å². The summed E-state index contributed by atoms with van der Waals surface area (Å²) < 4.78 is 0.